The molecule has 9 nitrogen and oxygen atoms in total. The van der Waals surface area contributed by atoms with Crippen LogP contribution in [0, 0.1) is 13.8 Å². The fourth-order valence-corrected chi connectivity index (χ4v) is 4.18. The number of rotatable bonds is 8. The molecule has 0 spiro atoms. The van der Waals surface area contributed by atoms with Gasteiger partial charge in [-0.15, -0.1) is 0 Å². The van der Waals surface area contributed by atoms with E-state index in [-0.39, 0.29) is 34.7 Å². The molecule has 0 saturated carbocycles. The summed E-state index contributed by atoms with van der Waals surface area (Å²) in [4.78, 5) is 49.1. The van der Waals surface area contributed by atoms with Gasteiger partial charge in [-0.25, -0.2) is 9.78 Å². The van der Waals surface area contributed by atoms with E-state index in [1.54, 1.807) is 35.9 Å². The molecule has 4 aromatic rings. The number of esters is 1. The van der Waals surface area contributed by atoms with Gasteiger partial charge < -0.3 is 14.0 Å². The van der Waals surface area contributed by atoms with Crippen molar-refractivity contribution in [1.82, 2.24) is 14.0 Å². The number of carbonyl (C=O) groups excluding carboxylic acids is 2. The Labute approximate surface area is 220 Å². The molecule has 0 aliphatic carbocycles. The monoisotopic (exact) mass is 516 g/mol. The molecule has 0 atom stereocenters. The van der Waals surface area contributed by atoms with Gasteiger partial charge >= 0.3 is 5.97 Å². The van der Waals surface area contributed by atoms with Crippen LogP contribution in [0.1, 0.15) is 59.0 Å². The zero-order valence-electron chi connectivity index (χ0n) is 22.4. The summed E-state index contributed by atoms with van der Waals surface area (Å²) >= 11 is 0. The van der Waals surface area contributed by atoms with Gasteiger partial charge in [-0.3, -0.25) is 14.0 Å². The van der Waals surface area contributed by atoms with Crippen LogP contribution in [-0.4, -0.2) is 45.1 Å². The summed E-state index contributed by atoms with van der Waals surface area (Å²) in [6, 6.07) is 12.1. The van der Waals surface area contributed by atoms with Crippen molar-refractivity contribution in [2.75, 3.05) is 13.2 Å². The van der Waals surface area contributed by atoms with E-state index in [0.29, 0.717) is 36.4 Å². The number of fused-ring (bicyclic) bond motifs is 2. The third-order valence-electron chi connectivity index (χ3n) is 6.08. The number of aryl methyl sites for hydroxylation is 3. The summed E-state index contributed by atoms with van der Waals surface area (Å²) < 4.78 is 14.1. The van der Waals surface area contributed by atoms with Crippen molar-refractivity contribution in [3.63, 3.8) is 0 Å². The van der Waals surface area contributed by atoms with Gasteiger partial charge in [0.15, 0.2) is 5.49 Å². The molecule has 0 radical (unpaired) electrons. The molecule has 3 heterocycles. The number of carbonyl (C=O) groups is 2. The Morgan fingerprint density at radius 3 is 2.50 bits per heavy atom. The highest BCUT2D eigenvalue weighted by molar-refractivity contribution is 5.97. The molecule has 0 saturated heterocycles. The average molecular weight is 517 g/mol. The maximum Gasteiger partial charge on any atom is 0.341 e. The smallest absolute Gasteiger partial charge is 0.341 e. The number of nitrogens with zero attached hydrogens (tertiary/aromatic N) is 4. The molecule has 0 bridgehead atoms. The van der Waals surface area contributed by atoms with Gasteiger partial charge in [-0.1, -0.05) is 23.8 Å². The minimum Gasteiger partial charge on any atom is -0.462 e. The Balaban J connectivity index is 2.05. The van der Waals surface area contributed by atoms with E-state index in [4.69, 9.17) is 14.5 Å². The Kier molecular flexibility index (Phi) is 8.16. The molecule has 38 heavy (non-hydrogen) atoms. The number of benzene rings is 1. The number of ether oxygens (including phenoxy) is 2. The van der Waals surface area contributed by atoms with Gasteiger partial charge in [0.05, 0.1) is 18.1 Å². The number of aromatic nitrogens is 3. The van der Waals surface area contributed by atoms with Crippen LogP contribution < -0.4 is 11.0 Å². The van der Waals surface area contributed by atoms with Gasteiger partial charge in [0.25, 0.3) is 11.5 Å². The van der Waals surface area contributed by atoms with E-state index in [2.05, 4.69) is 4.99 Å². The molecule has 1 aromatic carbocycles. The fraction of sp³-hybridized carbons (Fsp3) is 0.345. The third-order valence-corrected chi connectivity index (χ3v) is 6.08. The summed E-state index contributed by atoms with van der Waals surface area (Å²) in [6.45, 7) is 10.3. The van der Waals surface area contributed by atoms with Crippen LogP contribution in [0.5, 0.6) is 0 Å². The molecule has 0 unspecified atom stereocenters. The van der Waals surface area contributed by atoms with Crippen molar-refractivity contribution in [3.05, 3.63) is 86.8 Å². The summed E-state index contributed by atoms with van der Waals surface area (Å²) in [5.41, 5.74) is 2.79. The first-order valence-corrected chi connectivity index (χ1v) is 12.7. The summed E-state index contributed by atoms with van der Waals surface area (Å²) in [5, 5.41) is 0.225. The topological polar surface area (TPSA) is 104 Å². The van der Waals surface area contributed by atoms with Crippen LogP contribution in [0.2, 0.25) is 0 Å². The normalized spacial score (nSPS) is 12.0. The van der Waals surface area contributed by atoms with Crippen molar-refractivity contribution in [2.45, 2.75) is 53.7 Å². The lowest BCUT2D eigenvalue weighted by Crippen LogP contribution is -2.33. The quantitative estimate of drug-likeness (QED) is 0.199. The predicted molar refractivity (Wildman–Crippen MR) is 144 cm³/mol. The largest absolute Gasteiger partial charge is 0.462 e. The lowest BCUT2D eigenvalue weighted by atomic mass is 10.1. The predicted octanol–water partition coefficient (Wildman–Crippen LogP) is 4.00. The highest BCUT2D eigenvalue weighted by Gasteiger charge is 2.20. The van der Waals surface area contributed by atoms with Crippen LogP contribution in [0.25, 0.3) is 16.7 Å². The minimum atomic E-state index is -0.675. The van der Waals surface area contributed by atoms with Gasteiger partial charge in [0.2, 0.25) is 0 Å². The van der Waals surface area contributed by atoms with E-state index in [1.165, 1.54) is 10.5 Å². The van der Waals surface area contributed by atoms with Crippen molar-refractivity contribution in [1.29, 1.82) is 0 Å². The number of amides is 1. The van der Waals surface area contributed by atoms with Crippen molar-refractivity contribution < 1.29 is 19.1 Å². The molecule has 9 heteroatoms. The summed E-state index contributed by atoms with van der Waals surface area (Å²) in [7, 11) is 0. The molecular formula is C29H32N4O5. The highest BCUT2D eigenvalue weighted by atomic mass is 16.5. The van der Waals surface area contributed by atoms with Crippen molar-refractivity contribution in [3.8, 4) is 0 Å². The van der Waals surface area contributed by atoms with E-state index in [9.17, 15) is 14.4 Å². The van der Waals surface area contributed by atoms with Crippen LogP contribution in [-0.2, 0) is 16.0 Å². The van der Waals surface area contributed by atoms with E-state index in [0.717, 1.165) is 11.1 Å². The Hall–Kier alpha value is -4.11. The third kappa shape index (κ3) is 5.57. The van der Waals surface area contributed by atoms with Gasteiger partial charge in [0, 0.05) is 24.9 Å². The summed E-state index contributed by atoms with van der Waals surface area (Å²) in [6.07, 6.45) is 2.23. The molecule has 0 aliphatic rings. The molecular weight excluding hydrogens is 484 g/mol. The second-order valence-electron chi connectivity index (χ2n) is 9.35. The lowest BCUT2D eigenvalue weighted by molar-refractivity contribution is 0.0523. The number of pyridine rings is 2. The zero-order valence-corrected chi connectivity index (χ0v) is 22.4. The first kappa shape index (κ1) is 26.9. The molecule has 0 fully saturated rings. The molecule has 1 amide bonds. The second-order valence-corrected chi connectivity index (χ2v) is 9.35. The van der Waals surface area contributed by atoms with Gasteiger partial charge in [0.1, 0.15) is 16.9 Å². The van der Waals surface area contributed by atoms with Crippen molar-refractivity contribution >= 4 is 28.6 Å². The summed E-state index contributed by atoms with van der Waals surface area (Å²) in [5.74, 6) is -1.19. The van der Waals surface area contributed by atoms with Crippen LogP contribution >= 0.6 is 0 Å². The first-order chi connectivity index (χ1) is 18.2. The lowest BCUT2D eigenvalue weighted by Gasteiger charge is -2.16. The van der Waals surface area contributed by atoms with Crippen LogP contribution in [0.4, 0.5) is 0 Å². The second kappa shape index (κ2) is 11.5. The van der Waals surface area contributed by atoms with E-state index in [1.807, 2.05) is 45.9 Å². The van der Waals surface area contributed by atoms with E-state index >= 15 is 0 Å². The van der Waals surface area contributed by atoms with Crippen LogP contribution in [0.15, 0.2) is 58.4 Å². The molecule has 3 aromatic heterocycles. The molecule has 4 rings (SSSR count). The van der Waals surface area contributed by atoms with Crippen LogP contribution in [0.3, 0.4) is 0 Å². The first-order valence-electron chi connectivity index (χ1n) is 12.7. The average Bonchev–Trinajstić information content (AvgIpc) is 2.88. The standard InChI is InChI=1S/C29H32N4O5/c1-6-37-29(36)23-17-22-25(30-24-20(5)9-7-14-33(24)28(22)35)32(15-8-16-38-18(2)3)26(23)31-27(34)21-12-10-19(4)11-13-21/h7,9-14,17-18H,6,8,15-16H2,1-5H3. The van der Waals surface area contributed by atoms with Gasteiger partial charge in [-0.2, -0.15) is 4.99 Å². The SMILES string of the molecule is CCOC(=O)c1cc2c(=O)n3cccc(C)c3nc2n(CCCOC(C)C)c1=NC(=O)c1ccc(C)cc1. The maximum atomic E-state index is 13.6. The number of hydrogen-bond acceptors (Lipinski definition) is 6. The Bertz CT molecular complexity index is 1630. The fourth-order valence-electron chi connectivity index (χ4n) is 4.18. The highest BCUT2D eigenvalue weighted by Crippen LogP contribution is 2.15. The zero-order chi connectivity index (χ0) is 27.4. The molecule has 0 N–H and O–H groups in total. The minimum absolute atomic E-state index is 0.0242. The van der Waals surface area contributed by atoms with Gasteiger partial charge in [-0.05, 0) is 70.9 Å². The Morgan fingerprint density at radius 1 is 1.08 bits per heavy atom. The number of hydrogen-bond donors (Lipinski definition) is 0. The van der Waals surface area contributed by atoms with Crippen molar-refractivity contribution in [2.24, 2.45) is 4.99 Å². The molecule has 0 aliphatic heterocycles. The maximum absolute atomic E-state index is 13.6. The molecule has 198 valence electrons. The van der Waals surface area contributed by atoms with E-state index < -0.39 is 11.9 Å². The Morgan fingerprint density at radius 2 is 1.82 bits per heavy atom.